The van der Waals surface area contributed by atoms with Crippen LogP contribution < -0.4 is 10.0 Å². The molecule has 0 saturated heterocycles. The van der Waals surface area contributed by atoms with Crippen molar-refractivity contribution in [2.75, 3.05) is 10.0 Å². The highest BCUT2D eigenvalue weighted by Crippen LogP contribution is 2.27. The number of rotatable bonds is 5. The van der Waals surface area contributed by atoms with Gasteiger partial charge in [0, 0.05) is 4.47 Å². The number of anilines is 2. The van der Waals surface area contributed by atoms with E-state index in [0.29, 0.717) is 21.2 Å². The van der Waals surface area contributed by atoms with Crippen LogP contribution in [0.2, 0.25) is 0 Å². The molecule has 30 heavy (non-hydrogen) atoms. The van der Waals surface area contributed by atoms with Gasteiger partial charge in [0.25, 0.3) is 15.9 Å². The number of nitrogens with zero attached hydrogens (tertiary/aromatic N) is 2. The van der Waals surface area contributed by atoms with Crippen LogP contribution >= 0.6 is 27.7 Å². The Morgan fingerprint density at radius 1 is 1.00 bits per heavy atom. The first-order valence-corrected chi connectivity index (χ1v) is 11.8. The molecule has 4 aromatic rings. The average molecular weight is 503 g/mol. The van der Waals surface area contributed by atoms with Gasteiger partial charge in [-0.3, -0.25) is 9.52 Å². The molecule has 0 spiro atoms. The zero-order valence-electron chi connectivity index (χ0n) is 15.6. The predicted octanol–water partition coefficient (Wildman–Crippen LogP) is 4.82. The van der Waals surface area contributed by atoms with Gasteiger partial charge in [-0.1, -0.05) is 39.7 Å². The molecule has 2 N–H and O–H groups in total. The fraction of sp³-hybridized carbons (Fsp3) is 0.0500. The molecule has 1 amide bonds. The highest BCUT2D eigenvalue weighted by atomic mass is 79.9. The molecule has 0 bridgehead atoms. The first kappa shape index (κ1) is 20.5. The van der Waals surface area contributed by atoms with E-state index in [9.17, 15) is 13.2 Å². The maximum absolute atomic E-state index is 13.0. The Kier molecular flexibility index (Phi) is 5.54. The lowest BCUT2D eigenvalue weighted by Crippen LogP contribution is -2.19. The molecular formula is C20H15BrN4O3S2. The normalized spacial score (nSPS) is 11.4. The van der Waals surface area contributed by atoms with E-state index in [0.717, 1.165) is 17.3 Å². The van der Waals surface area contributed by atoms with E-state index in [-0.39, 0.29) is 16.1 Å². The molecule has 3 aromatic carbocycles. The SMILES string of the molecule is Cc1ccc(S(=O)(=O)Nc2ccc(Br)cc2C(=O)Nc2cccc3nsnc23)cc1. The van der Waals surface area contributed by atoms with E-state index in [2.05, 4.69) is 34.7 Å². The summed E-state index contributed by atoms with van der Waals surface area (Å²) in [7, 11) is -3.86. The third-order valence-corrected chi connectivity index (χ3v) is 6.75. The highest BCUT2D eigenvalue weighted by Gasteiger charge is 2.20. The Morgan fingerprint density at radius 2 is 1.77 bits per heavy atom. The number of amides is 1. The summed E-state index contributed by atoms with van der Waals surface area (Å²) in [5.41, 5.74) is 3.03. The minimum atomic E-state index is -3.86. The molecule has 0 saturated carbocycles. The van der Waals surface area contributed by atoms with Gasteiger partial charge >= 0.3 is 0 Å². The second-order valence-electron chi connectivity index (χ2n) is 6.50. The number of fused-ring (bicyclic) bond motifs is 1. The van der Waals surface area contributed by atoms with Crippen molar-refractivity contribution >= 4 is 66.0 Å². The molecule has 0 aliphatic rings. The van der Waals surface area contributed by atoms with Crippen LogP contribution in [0.3, 0.4) is 0 Å². The van der Waals surface area contributed by atoms with E-state index in [4.69, 9.17) is 0 Å². The summed E-state index contributed by atoms with van der Waals surface area (Å²) in [6.07, 6.45) is 0. The Morgan fingerprint density at radius 3 is 2.53 bits per heavy atom. The lowest BCUT2D eigenvalue weighted by molar-refractivity contribution is 0.102. The number of aryl methyl sites for hydroxylation is 1. The largest absolute Gasteiger partial charge is 0.320 e. The standard InChI is InChI=1S/C20H15BrN4O3S2/c1-12-5-8-14(9-6-12)30(27,28)25-16-10-7-13(21)11-15(16)20(26)22-17-3-2-4-18-19(17)24-29-23-18/h2-11,25H,1H3,(H,22,26). The van der Waals surface area contributed by atoms with E-state index >= 15 is 0 Å². The van der Waals surface area contributed by atoms with Crippen molar-refractivity contribution in [3.05, 3.63) is 76.3 Å². The van der Waals surface area contributed by atoms with Gasteiger partial charge in [-0.15, -0.1) is 0 Å². The second kappa shape index (κ2) is 8.13. The number of halogens is 1. The van der Waals surface area contributed by atoms with Gasteiger partial charge in [-0.25, -0.2) is 8.42 Å². The van der Waals surface area contributed by atoms with E-state index < -0.39 is 15.9 Å². The van der Waals surface area contributed by atoms with Crippen LogP contribution in [-0.4, -0.2) is 23.1 Å². The molecule has 1 aromatic heterocycles. The Hall–Kier alpha value is -2.82. The zero-order valence-corrected chi connectivity index (χ0v) is 18.8. The first-order chi connectivity index (χ1) is 14.3. The van der Waals surface area contributed by atoms with E-state index in [1.807, 2.05) is 6.92 Å². The maximum atomic E-state index is 13.0. The van der Waals surface area contributed by atoms with Crippen molar-refractivity contribution in [3.63, 3.8) is 0 Å². The summed E-state index contributed by atoms with van der Waals surface area (Å²) in [4.78, 5) is 13.1. The van der Waals surface area contributed by atoms with Crippen molar-refractivity contribution in [1.29, 1.82) is 0 Å². The number of nitrogens with one attached hydrogen (secondary N) is 2. The summed E-state index contributed by atoms with van der Waals surface area (Å²) in [5, 5.41) is 2.80. The van der Waals surface area contributed by atoms with Crippen LogP contribution in [0.5, 0.6) is 0 Å². The monoisotopic (exact) mass is 502 g/mol. The lowest BCUT2D eigenvalue weighted by Gasteiger charge is -2.14. The van der Waals surface area contributed by atoms with Gasteiger partial charge in [0.05, 0.1) is 33.6 Å². The van der Waals surface area contributed by atoms with Crippen LogP contribution in [0.25, 0.3) is 11.0 Å². The fourth-order valence-electron chi connectivity index (χ4n) is 2.81. The van der Waals surface area contributed by atoms with E-state index in [1.54, 1.807) is 42.5 Å². The molecular weight excluding hydrogens is 488 g/mol. The molecule has 1 heterocycles. The van der Waals surface area contributed by atoms with Crippen LogP contribution in [0.1, 0.15) is 15.9 Å². The van der Waals surface area contributed by atoms with Crippen molar-refractivity contribution in [2.45, 2.75) is 11.8 Å². The van der Waals surface area contributed by atoms with Gasteiger partial charge in [-0.2, -0.15) is 8.75 Å². The number of sulfonamides is 1. The number of carbonyl (C=O) groups is 1. The van der Waals surface area contributed by atoms with Gasteiger partial charge < -0.3 is 5.32 Å². The van der Waals surface area contributed by atoms with Crippen molar-refractivity contribution in [2.24, 2.45) is 0 Å². The predicted molar refractivity (Wildman–Crippen MR) is 121 cm³/mol. The number of aromatic nitrogens is 2. The summed E-state index contributed by atoms with van der Waals surface area (Å²) in [6.45, 7) is 1.87. The minimum Gasteiger partial charge on any atom is -0.320 e. The molecule has 0 aliphatic heterocycles. The number of carbonyl (C=O) groups excluding carboxylic acids is 1. The summed E-state index contributed by atoms with van der Waals surface area (Å²) in [6, 6.07) is 16.5. The molecule has 0 aliphatic carbocycles. The third-order valence-electron chi connectivity index (χ3n) is 4.34. The van der Waals surface area contributed by atoms with Crippen molar-refractivity contribution < 1.29 is 13.2 Å². The molecule has 7 nitrogen and oxygen atoms in total. The smallest absolute Gasteiger partial charge is 0.261 e. The Labute approximate surface area is 185 Å². The molecule has 4 rings (SSSR count). The molecule has 10 heteroatoms. The van der Waals surface area contributed by atoms with Gasteiger partial charge in [-0.05, 0) is 49.4 Å². The summed E-state index contributed by atoms with van der Waals surface area (Å²) in [5.74, 6) is -0.474. The topological polar surface area (TPSA) is 101 Å². The fourth-order valence-corrected chi connectivity index (χ4v) is 4.80. The van der Waals surface area contributed by atoms with Crippen molar-refractivity contribution in [3.8, 4) is 0 Å². The van der Waals surface area contributed by atoms with Gasteiger partial charge in [0.2, 0.25) is 0 Å². The van der Waals surface area contributed by atoms with Crippen LogP contribution in [-0.2, 0) is 10.0 Å². The van der Waals surface area contributed by atoms with Gasteiger partial charge in [0.1, 0.15) is 11.0 Å². The van der Waals surface area contributed by atoms with Gasteiger partial charge in [0.15, 0.2) is 0 Å². The summed E-state index contributed by atoms with van der Waals surface area (Å²) >= 11 is 4.39. The minimum absolute atomic E-state index is 0.112. The second-order valence-corrected chi connectivity index (χ2v) is 9.63. The zero-order chi connectivity index (χ0) is 21.3. The van der Waals surface area contributed by atoms with Crippen LogP contribution in [0.15, 0.2) is 70.0 Å². The number of hydrogen-bond acceptors (Lipinski definition) is 6. The summed E-state index contributed by atoms with van der Waals surface area (Å²) < 4.78 is 37.1. The quantitative estimate of drug-likeness (QED) is 0.407. The molecule has 0 radical (unpaired) electrons. The average Bonchev–Trinajstić information content (AvgIpc) is 3.19. The molecule has 0 atom stereocenters. The molecule has 0 unspecified atom stereocenters. The van der Waals surface area contributed by atoms with Crippen molar-refractivity contribution in [1.82, 2.24) is 8.75 Å². The van der Waals surface area contributed by atoms with Crippen LogP contribution in [0.4, 0.5) is 11.4 Å². The number of benzene rings is 3. The van der Waals surface area contributed by atoms with E-state index in [1.165, 1.54) is 18.2 Å². The lowest BCUT2D eigenvalue weighted by atomic mass is 10.1. The molecule has 0 fully saturated rings. The Balaban J connectivity index is 1.67. The Bertz CT molecular complexity index is 1350. The first-order valence-electron chi connectivity index (χ1n) is 8.75. The highest BCUT2D eigenvalue weighted by molar-refractivity contribution is 9.10. The third kappa shape index (κ3) is 4.20. The maximum Gasteiger partial charge on any atom is 0.261 e. The molecule has 152 valence electrons. The van der Waals surface area contributed by atoms with Crippen LogP contribution in [0, 0.1) is 6.92 Å². The number of hydrogen-bond donors (Lipinski definition) is 2.